The highest BCUT2D eigenvalue weighted by molar-refractivity contribution is 7.91. The number of aliphatic hydroxyl groups is 1. The number of benzene rings is 1. The van der Waals surface area contributed by atoms with E-state index in [1.54, 1.807) is 0 Å². The first-order chi connectivity index (χ1) is 7.91. The van der Waals surface area contributed by atoms with Crippen molar-refractivity contribution < 1.29 is 17.9 Å². The highest BCUT2D eigenvalue weighted by Crippen LogP contribution is 2.34. The summed E-state index contributed by atoms with van der Waals surface area (Å²) in [6.45, 7) is 0. The van der Waals surface area contributed by atoms with Gasteiger partial charge in [0.15, 0.2) is 9.84 Å². The van der Waals surface area contributed by atoms with Crippen LogP contribution >= 0.6 is 11.6 Å². The summed E-state index contributed by atoms with van der Waals surface area (Å²) < 4.78 is 36.3. The van der Waals surface area contributed by atoms with Crippen LogP contribution in [0.1, 0.15) is 18.1 Å². The van der Waals surface area contributed by atoms with Gasteiger partial charge in [0.05, 0.1) is 22.6 Å². The first kappa shape index (κ1) is 12.8. The van der Waals surface area contributed by atoms with E-state index in [4.69, 9.17) is 11.6 Å². The van der Waals surface area contributed by atoms with E-state index in [9.17, 15) is 17.9 Å². The third kappa shape index (κ3) is 2.61. The van der Waals surface area contributed by atoms with Crippen LogP contribution in [0.25, 0.3) is 0 Å². The maximum Gasteiger partial charge on any atom is 0.150 e. The highest BCUT2D eigenvalue weighted by Gasteiger charge is 2.34. The lowest BCUT2D eigenvalue weighted by Gasteiger charge is -2.17. The molecule has 1 N–H and O–H groups in total. The van der Waals surface area contributed by atoms with Crippen molar-refractivity contribution in [2.75, 3.05) is 11.5 Å². The van der Waals surface area contributed by atoms with Crippen molar-refractivity contribution in [1.29, 1.82) is 0 Å². The highest BCUT2D eigenvalue weighted by atomic mass is 35.5. The standard InChI is InChI=1S/C11H12ClFO3S/c12-9-3-1-2-8(10(9)13)11(14)7-4-5-17(15,16)6-7/h1-3,7,11,14H,4-6H2. The van der Waals surface area contributed by atoms with Crippen molar-refractivity contribution in [3.63, 3.8) is 0 Å². The van der Waals surface area contributed by atoms with Gasteiger partial charge in [-0.25, -0.2) is 12.8 Å². The number of halogens is 2. The van der Waals surface area contributed by atoms with Crippen LogP contribution in [0.2, 0.25) is 5.02 Å². The molecule has 0 radical (unpaired) electrons. The van der Waals surface area contributed by atoms with Crippen molar-refractivity contribution in [2.45, 2.75) is 12.5 Å². The minimum absolute atomic E-state index is 0.0525. The molecule has 3 nitrogen and oxygen atoms in total. The van der Waals surface area contributed by atoms with E-state index in [2.05, 4.69) is 0 Å². The molecule has 1 heterocycles. The van der Waals surface area contributed by atoms with Gasteiger partial charge in [0, 0.05) is 11.5 Å². The molecule has 6 heteroatoms. The van der Waals surface area contributed by atoms with Gasteiger partial charge in [-0.2, -0.15) is 0 Å². The third-order valence-corrected chi connectivity index (χ3v) is 5.10. The predicted molar refractivity (Wildman–Crippen MR) is 63.1 cm³/mol. The van der Waals surface area contributed by atoms with Crippen LogP contribution in [0.3, 0.4) is 0 Å². The second kappa shape index (κ2) is 4.55. The molecular weight excluding hydrogens is 267 g/mol. The Morgan fingerprint density at radius 1 is 1.47 bits per heavy atom. The maximum atomic E-state index is 13.7. The summed E-state index contributed by atoms with van der Waals surface area (Å²) in [7, 11) is -3.09. The van der Waals surface area contributed by atoms with Gasteiger partial charge in [-0.1, -0.05) is 23.7 Å². The lowest BCUT2D eigenvalue weighted by molar-refractivity contribution is 0.117. The summed E-state index contributed by atoms with van der Waals surface area (Å²) in [6.07, 6.45) is -0.763. The summed E-state index contributed by atoms with van der Waals surface area (Å²) in [5.41, 5.74) is 0.0691. The normalized spacial score (nSPS) is 24.8. The maximum absolute atomic E-state index is 13.7. The molecule has 1 aliphatic rings. The number of aliphatic hydroxyl groups excluding tert-OH is 1. The van der Waals surface area contributed by atoms with E-state index in [0.717, 1.165) is 0 Å². The SMILES string of the molecule is O=S1(=O)CCC(C(O)c2cccc(Cl)c2F)C1. The van der Waals surface area contributed by atoms with Gasteiger partial charge in [0.25, 0.3) is 0 Å². The fourth-order valence-electron chi connectivity index (χ4n) is 2.08. The van der Waals surface area contributed by atoms with Crippen LogP contribution in [0.5, 0.6) is 0 Å². The smallest absolute Gasteiger partial charge is 0.150 e. The molecule has 0 amide bonds. The molecule has 1 saturated heterocycles. The fourth-order valence-corrected chi connectivity index (χ4v) is 4.09. The molecule has 0 aromatic heterocycles. The van der Waals surface area contributed by atoms with Crippen LogP contribution in [-0.4, -0.2) is 25.0 Å². The van der Waals surface area contributed by atoms with E-state index in [1.807, 2.05) is 0 Å². The predicted octanol–water partition coefficient (Wildman–Crippen LogP) is 1.95. The van der Waals surface area contributed by atoms with E-state index in [-0.39, 0.29) is 22.1 Å². The zero-order chi connectivity index (χ0) is 12.6. The zero-order valence-corrected chi connectivity index (χ0v) is 10.5. The van der Waals surface area contributed by atoms with Gasteiger partial charge in [-0.15, -0.1) is 0 Å². The molecule has 2 rings (SSSR count). The summed E-state index contributed by atoms with van der Waals surface area (Å²) >= 11 is 5.62. The van der Waals surface area contributed by atoms with Crippen molar-refractivity contribution in [1.82, 2.24) is 0 Å². The lowest BCUT2D eigenvalue weighted by atomic mass is 9.95. The second-order valence-electron chi connectivity index (χ2n) is 4.25. The van der Waals surface area contributed by atoms with Crippen molar-refractivity contribution in [3.05, 3.63) is 34.6 Å². The quantitative estimate of drug-likeness (QED) is 0.900. The third-order valence-electron chi connectivity index (χ3n) is 3.01. The van der Waals surface area contributed by atoms with Gasteiger partial charge in [0.2, 0.25) is 0 Å². The second-order valence-corrected chi connectivity index (χ2v) is 6.89. The van der Waals surface area contributed by atoms with Gasteiger partial charge < -0.3 is 5.11 Å². The largest absolute Gasteiger partial charge is 0.388 e. The molecule has 0 bridgehead atoms. The summed E-state index contributed by atoms with van der Waals surface area (Å²) in [5, 5.41) is 9.93. The zero-order valence-electron chi connectivity index (χ0n) is 8.94. The summed E-state index contributed by atoms with van der Waals surface area (Å²) in [4.78, 5) is 0. The minimum atomic E-state index is -3.09. The Balaban J connectivity index is 2.26. The average Bonchev–Trinajstić information content (AvgIpc) is 2.62. The Kier molecular flexibility index (Phi) is 3.43. The van der Waals surface area contributed by atoms with E-state index < -0.39 is 27.7 Å². The van der Waals surface area contributed by atoms with E-state index in [1.165, 1.54) is 18.2 Å². The topological polar surface area (TPSA) is 54.4 Å². The Bertz CT molecular complexity index is 530. The molecule has 2 unspecified atom stereocenters. The van der Waals surface area contributed by atoms with Crippen LogP contribution in [-0.2, 0) is 9.84 Å². The summed E-state index contributed by atoms with van der Waals surface area (Å²) in [6, 6.07) is 4.35. The van der Waals surface area contributed by atoms with Crippen LogP contribution in [0.4, 0.5) is 4.39 Å². The van der Waals surface area contributed by atoms with E-state index >= 15 is 0 Å². The van der Waals surface area contributed by atoms with Gasteiger partial charge >= 0.3 is 0 Å². The summed E-state index contributed by atoms with van der Waals surface area (Å²) in [5.74, 6) is -1.17. The molecule has 1 aromatic carbocycles. The molecule has 0 saturated carbocycles. The van der Waals surface area contributed by atoms with Crippen LogP contribution in [0.15, 0.2) is 18.2 Å². The van der Waals surface area contributed by atoms with Crippen molar-refractivity contribution in [2.24, 2.45) is 5.92 Å². The Morgan fingerprint density at radius 2 is 2.18 bits per heavy atom. The van der Waals surface area contributed by atoms with Gasteiger partial charge in [0.1, 0.15) is 5.82 Å². The number of hydrogen-bond donors (Lipinski definition) is 1. The molecule has 0 aliphatic carbocycles. The minimum Gasteiger partial charge on any atom is -0.388 e. The molecular formula is C11H12ClFO3S. The van der Waals surface area contributed by atoms with Crippen LogP contribution < -0.4 is 0 Å². The Hall–Kier alpha value is -0.650. The lowest BCUT2D eigenvalue weighted by Crippen LogP contribution is -2.15. The fraction of sp³-hybridized carbons (Fsp3) is 0.455. The van der Waals surface area contributed by atoms with Gasteiger partial charge in [-0.05, 0) is 12.5 Å². The Morgan fingerprint density at radius 3 is 2.76 bits per heavy atom. The Labute approximate surface area is 104 Å². The molecule has 1 aliphatic heterocycles. The number of sulfone groups is 1. The first-order valence-corrected chi connectivity index (χ1v) is 7.43. The number of rotatable bonds is 2. The molecule has 1 aromatic rings. The molecule has 1 fully saturated rings. The van der Waals surface area contributed by atoms with Crippen LogP contribution in [0, 0.1) is 11.7 Å². The number of hydrogen-bond acceptors (Lipinski definition) is 3. The monoisotopic (exact) mass is 278 g/mol. The molecule has 2 atom stereocenters. The van der Waals surface area contributed by atoms with Crippen molar-refractivity contribution in [3.8, 4) is 0 Å². The van der Waals surface area contributed by atoms with E-state index in [0.29, 0.717) is 6.42 Å². The first-order valence-electron chi connectivity index (χ1n) is 5.23. The average molecular weight is 279 g/mol. The van der Waals surface area contributed by atoms with Gasteiger partial charge in [-0.3, -0.25) is 0 Å². The molecule has 0 spiro atoms. The molecule has 17 heavy (non-hydrogen) atoms. The molecule has 94 valence electrons. The van der Waals surface area contributed by atoms with Crippen molar-refractivity contribution >= 4 is 21.4 Å².